The Balaban J connectivity index is 2.01. The molecule has 1 N–H and O–H groups in total. The minimum Gasteiger partial charge on any atom is -0.378 e. The average molecular weight is 262 g/mol. The second kappa shape index (κ2) is 6.68. The molecule has 1 heterocycles. The van der Waals surface area contributed by atoms with Gasteiger partial charge in [0.1, 0.15) is 6.04 Å². The molecule has 1 aromatic rings. The van der Waals surface area contributed by atoms with Crippen molar-refractivity contribution >= 4 is 11.6 Å². The topological polar surface area (TPSA) is 41.6 Å². The third kappa shape index (κ3) is 3.55. The van der Waals surface area contributed by atoms with Gasteiger partial charge in [0.05, 0.1) is 13.2 Å². The summed E-state index contributed by atoms with van der Waals surface area (Å²) in [6, 6.07) is 7.97. The van der Waals surface area contributed by atoms with E-state index in [0.717, 1.165) is 25.1 Å². The summed E-state index contributed by atoms with van der Waals surface area (Å²) in [6.07, 6.45) is 2.22. The van der Waals surface area contributed by atoms with Gasteiger partial charge >= 0.3 is 0 Å². The van der Waals surface area contributed by atoms with Crippen LogP contribution in [0.2, 0.25) is 0 Å². The molecular weight excluding hydrogens is 240 g/mol. The number of benzene rings is 1. The molecule has 0 aliphatic carbocycles. The molecule has 0 bridgehead atoms. The predicted molar refractivity (Wildman–Crippen MR) is 76.5 cm³/mol. The molecule has 0 radical (unpaired) electrons. The van der Waals surface area contributed by atoms with Gasteiger partial charge in [-0.2, -0.15) is 0 Å². The lowest BCUT2D eigenvalue weighted by atomic mass is 10.1. The second-order valence-corrected chi connectivity index (χ2v) is 4.90. The highest BCUT2D eigenvalue weighted by atomic mass is 16.5. The number of hydrogen-bond donors (Lipinski definition) is 1. The summed E-state index contributed by atoms with van der Waals surface area (Å²) in [7, 11) is 1.81. The lowest BCUT2D eigenvalue weighted by Gasteiger charge is -2.27. The van der Waals surface area contributed by atoms with Crippen molar-refractivity contribution in [2.45, 2.75) is 25.8 Å². The van der Waals surface area contributed by atoms with Crippen molar-refractivity contribution in [1.29, 1.82) is 0 Å². The Morgan fingerprint density at radius 3 is 2.74 bits per heavy atom. The lowest BCUT2D eigenvalue weighted by Crippen LogP contribution is -2.51. The molecule has 1 aliphatic rings. The Labute approximate surface area is 114 Å². The maximum absolute atomic E-state index is 12.3. The number of hydrogen-bond acceptors (Lipinski definition) is 3. The van der Waals surface area contributed by atoms with Crippen molar-refractivity contribution in [2.75, 3.05) is 31.7 Å². The van der Waals surface area contributed by atoms with Crippen LogP contribution in [0.4, 0.5) is 5.69 Å². The molecule has 1 atom stereocenters. The van der Waals surface area contributed by atoms with Gasteiger partial charge in [0, 0.05) is 19.3 Å². The zero-order valence-electron chi connectivity index (χ0n) is 11.7. The predicted octanol–water partition coefficient (Wildman–Crippen LogP) is 1.59. The number of rotatable bonds is 4. The molecule has 1 aliphatic heterocycles. The van der Waals surface area contributed by atoms with Crippen LogP contribution in [0.15, 0.2) is 24.3 Å². The van der Waals surface area contributed by atoms with Crippen molar-refractivity contribution in [1.82, 2.24) is 5.32 Å². The Bertz CT molecular complexity index is 411. The molecule has 1 saturated heterocycles. The first-order valence-corrected chi connectivity index (χ1v) is 6.90. The van der Waals surface area contributed by atoms with Gasteiger partial charge in [-0.3, -0.25) is 4.79 Å². The number of likely N-dealkylation sites (N-methyl/N-ethyl adjacent to an activating group) is 1. The van der Waals surface area contributed by atoms with E-state index in [1.54, 1.807) is 4.90 Å². The van der Waals surface area contributed by atoms with E-state index in [1.807, 2.05) is 19.2 Å². The number of carbonyl (C=O) groups excluding carboxylic acids is 1. The number of amides is 1. The molecule has 0 saturated carbocycles. The molecule has 0 spiro atoms. The highest BCUT2D eigenvalue weighted by Gasteiger charge is 2.24. The van der Waals surface area contributed by atoms with E-state index in [0.29, 0.717) is 13.2 Å². The highest BCUT2D eigenvalue weighted by molar-refractivity contribution is 5.96. The van der Waals surface area contributed by atoms with E-state index in [1.165, 1.54) is 5.56 Å². The monoisotopic (exact) mass is 262 g/mol. The minimum atomic E-state index is -0.228. The van der Waals surface area contributed by atoms with E-state index >= 15 is 0 Å². The van der Waals surface area contributed by atoms with Crippen molar-refractivity contribution in [3.63, 3.8) is 0 Å². The van der Waals surface area contributed by atoms with Crippen LogP contribution in [0.3, 0.4) is 0 Å². The van der Waals surface area contributed by atoms with Crippen molar-refractivity contribution < 1.29 is 9.53 Å². The molecule has 4 heteroatoms. The van der Waals surface area contributed by atoms with E-state index in [9.17, 15) is 4.79 Å². The van der Waals surface area contributed by atoms with Crippen LogP contribution in [0, 0.1) is 0 Å². The molecule has 2 rings (SSSR count). The smallest absolute Gasteiger partial charge is 0.246 e. The lowest BCUT2D eigenvalue weighted by molar-refractivity contribution is -0.123. The van der Waals surface area contributed by atoms with Gasteiger partial charge in [0.15, 0.2) is 0 Å². The first-order chi connectivity index (χ1) is 9.22. The van der Waals surface area contributed by atoms with Crippen LogP contribution in [0.25, 0.3) is 0 Å². The first kappa shape index (κ1) is 14.0. The van der Waals surface area contributed by atoms with Crippen LogP contribution in [0.1, 0.15) is 18.9 Å². The highest BCUT2D eigenvalue weighted by Crippen LogP contribution is 2.16. The fourth-order valence-electron chi connectivity index (χ4n) is 2.26. The Hall–Kier alpha value is -1.39. The first-order valence-electron chi connectivity index (χ1n) is 6.90. The summed E-state index contributed by atoms with van der Waals surface area (Å²) in [6.45, 7) is 4.04. The fraction of sp³-hybridized carbons (Fsp3) is 0.533. The zero-order valence-corrected chi connectivity index (χ0v) is 11.7. The maximum Gasteiger partial charge on any atom is 0.246 e. The Morgan fingerprint density at radius 1 is 1.42 bits per heavy atom. The second-order valence-electron chi connectivity index (χ2n) is 4.90. The average Bonchev–Trinajstić information content (AvgIpc) is 2.48. The number of carbonyl (C=O) groups is 1. The van der Waals surface area contributed by atoms with Gasteiger partial charge in [-0.1, -0.05) is 25.5 Å². The molecule has 104 valence electrons. The summed E-state index contributed by atoms with van der Waals surface area (Å²) < 4.78 is 5.33. The van der Waals surface area contributed by atoms with Gasteiger partial charge in [0.2, 0.25) is 5.91 Å². The molecule has 4 nitrogen and oxygen atoms in total. The standard InChI is InChI=1S/C15H22N2O2/c1-3-4-12-5-7-13(8-6-12)17(2)15(18)14-11-19-10-9-16-14/h5-8,14,16H,3-4,9-11H2,1-2H3. The van der Waals surface area contributed by atoms with Gasteiger partial charge in [-0.15, -0.1) is 0 Å². The number of ether oxygens (including phenoxy) is 1. The van der Waals surface area contributed by atoms with Gasteiger partial charge < -0.3 is 15.0 Å². The Kier molecular flexibility index (Phi) is 4.93. The van der Waals surface area contributed by atoms with Gasteiger partial charge in [-0.05, 0) is 24.1 Å². The number of nitrogens with zero attached hydrogens (tertiary/aromatic N) is 1. The van der Waals surface area contributed by atoms with Gasteiger partial charge in [0.25, 0.3) is 0 Å². The molecular formula is C15H22N2O2. The van der Waals surface area contributed by atoms with E-state index in [-0.39, 0.29) is 11.9 Å². The van der Waals surface area contributed by atoms with Crippen molar-refractivity contribution in [3.8, 4) is 0 Å². The molecule has 1 fully saturated rings. The zero-order chi connectivity index (χ0) is 13.7. The third-order valence-electron chi connectivity index (χ3n) is 3.41. The molecule has 1 amide bonds. The number of nitrogens with one attached hydrogen (secondary N) is 1. The fourth-order valence-corrected chi connectivity index (χ4v) is 2.26. The van der Waals surface area contributed by atoms with Gasteiger partial charge in [-0.25, -0.2) is 0 Å². The van der Waals surface area contributed by atoms with Crippen LogP contribution < -0.4 is 10.2 Å². The number of aryl methyl sites for hydroxylation is 1. The maximum atomic E-state index is 12.3. The van der Waals surface area contributed by atoms with E-state index in [2.05, 4.69) is 24.4 Å². The number of anilines is 1. The normalized spacial score (nSPS) is 19.2. The quantitative estimate of drug-likeness (QED) is 0.896. The van der Waals surface area contributed by atoms with Crippen molar-refractivity contribution in [3.05, 3.63) is 29.8 Å². The summed E-state index contributed by atoms with van der Waals surface area (Å²) >= 11 is 0. The van der Waals surface area contributed by atoms with Crippen LogP contribution >= 0.6 is 0 Å². The molecule has 0 aromatic heterocycles. The van der Waals surface area contributed by atoms with Crippen molar-refractivity contribution in [2.24, 2.45) is 0 Å². The summed E-state index contributed by atoms with van der Waals surface area (Å²) in [5, 5.41) is 3.18. The largest absolute Gasteiger partial charge is 0.378 e. The molecule has 1 aromatic carbocycles. The van der Waals surface area contributed by atoms with E-state index < -0.39 is 0 Å². The summed E-state index contributed by atoms with van der Waals surface area (Å²) in [5.41, 5.74) is 2.24. The SMILES string of the molecule is CCCc1ccc(N(C)C(=O)C2COCCN2)cc1. The third-order valence-corrected chi connectivity index (χ3v) is 3.41. The Morgan fingerprint density at radius 2 is 2.16 bits per heavy atom. The van der Waals surface area contributed by atoms with Crippen LogP contribution in [-0.4, -0.2) is 38.8 Å². The van der Waals surface area contributed by atoms with E-state index in [4.69, 9.17) is 4.74 Å². The molecule has 1 unspecified atom stereocenters. The number of morpholine rings is 1. The minimum absolute atomic E-state index is 0.0583. The molecule has 19 heavy (non-hydrogen) atoms. The van der Waals surface area contributed by atoms with Crippen LogP contribution in [0.5, 0.6) is 0 Å². The summed E-state index contributed by atoms with van der Waals surface area (Å²) in [4.78, 5) is 14.0. The summed E-state index contributed by atoms with van der Waals surface area (Å²) in [5.74, 6) is 0.0583. The van der Waals surface area contributed by atoms with Crippen LogP contribution in [-0.2, 0) is 16.0 Å².